The molecule has 98 valence electrons. The number of carbonyl (C=O) groups excluding carboxylic acids is 1. The van der Waals surface area contributed by atoms with E-state index < -0.39 is 18.6 Å². The van der Waals surface area contributed by atoms with Crippen LogP contribution in [0.25, 0.3) is 0 Å². The summed E-state index contributed by atoms with van der Waals surface area (Å²) in [5.41, 5.74) is 5.87. The molecule has 0 radical (unpaired) electrons. The highest BCUT2D eigenvalue weighted by Gasteiger charge is 2.35. The van der Waals surface area contributed by atoms with E-state index in [0.29, 0.717) is 4.90 Å². The van der Waals surface area contributed by atoms with Gasteiger partial charge in [-0.1, -0.05) is 0 Å². The van der Waals surface area contributed by atoms with Crippen LogP contribution in [0.15, 0.2) is 18.2 Å². The van der Waals surface area contributed by atoms with E-state index in [-0.39, 0.29) is 30.2 Å². The summed E-state index contributed by atoms with van der Waals surface area (Å²) in [6.07, 6.45) is -4.56. The lowest BCUT2D eigenvalue weighted by atomic mass is 10.2. The van der Waals surface area contributed by atoms with Gasteiger partial charge in [0, 0.05) is 5.69 Å². The second kappa shape index (κ2) is 4.40. The first-order valence-electron chi connectivity index (χ1n) is 5.26. The maximum atomic E-state index is 12.5. The van der Waals surface area contributed by atoms with E-state index in [1.54, 1.807) is 0 Å². The van der Waals surface area contributed by atoms with Crippen LogP contribution < -0.4 is 15.4 Å². The first-order chi connectivity index (χ1) is 8.37. The monoisotopic (exact) mass is 260 g/mol. The fraction of sp³-hybridized carbons (Fsp3) is 0.364. The molecule has 0 bridgehead atoms. The number of alkyl halides is 3. The average molecular weight is 260 g/mol. The molecule has 18 heavy (non-hydrogen) atoms. The number of amides is 1. The molecule has 7 heteroatoms. The van der Waals surface area contributed by atoms with Gasteiger partial charge >= 0.3 is 6.18 Å². The molecule has 2 N–H and O–H groups in total. The molecule has 0 spiro atoms. The van der Waals surface area contributed by atoms with Crippen LogP contribution >= 0.6 is 0 Å². The SMILES string of the molecule is Nc1ccc2c(c1)N(CC(F)(F)F)C(=O)CCO2. The summed E-state index contributed by atoms with van der Waals surface area (Å²) in [7, 11) is 0. The Morgan fingerprint density at radius 2 is 2.11 bits per heavy atom. The normalized spacial score (nSPS) is 15.9. The van der Waals surface area contributed by atoms with E-state index in [1.807, 2.05) is 0 Å². The smallest absolute Gasteiger partial charge is 0.406 e. The summed E-state index contributed by atoms with van der Waals surface area (Å²) in [5.74, 6) is -0.393. The van der Waals surface area contributed by atoms with Crippen LogP contribution in [0.2, 0.25) is 0 Å². The number of halogens is 3. The quantitative estimate of drug-likeness (QED) is 0.785. The zero-order valence-electron chi connectivity index (χ0n) is 9.33. The lowest BCUT2D eigenvalue weighted by molar-refractivity contribution is -0.132. The van der Waals surface area contributed by atoms with Crippen LogP contribution in [0.1, 0.15) is 6.42 Å². The van der Waals surface area contributed by atoms with Gasteiger partial charge in [0.05, 0.1) is 18.7 Å². The second-order valence-electron chi connectivity index (χ2n) is 3.92. The van der Waals surface area contributed by atoms with E-state index in [2.05, 4.69) is 0 Å². The van der Waals surface area contributed by atoms with Crippen molar-refractivity contribution in [1.82, 2.24) is 0 Å². The van der Waals surface area contributed by atoms with E-state index in [4.69, 9.17) is 10.5 Å². The van der Waals surface area contributed by atoms with Gasteiger partial charge in [-0.3, -0.25) is 9.69 Å². The van der Waals surface area contributed by atoms with Crippen molar-refractivity contribution in [3.05, 3.63) is 18.2 Å². The number of hydrogen-bond donors (Lipinski definition) is 1. The molecule has 4 nitrogen and oxygen atoms in total. The van der Waals surface area contributed by atoms with Gasteiger partial charge < -0.3 is 10.5 Å². The van der Waals surface area contributed by atoms with Gasteiger partial charge in [0.2, 0.25) is 5.91 Å². The number of hydrogen-bond acceptors (Lipinski definition) is 3. The Labute approximate surface area is 101 Å². The third kappa shape index (κ3) is 2.66. The largest absolute Gasteiger partial charge is 0.491 e. The average Bonchev–Trinajstić information content (AvgIpc) is 2.39. The molecule has 1 amide bonds. The van der Waals surface area contributed by atoms with Crippen molar-refractivity contribution >= 4 is 17.3 Å². The summed E-state index contributed by atoms with van der Waals surface area (Å²) in [5, 5.41) is 0. The van der Waals surface area contributed by atoms with Gasteiger partial charge in [-0.15, -0.1) is 0 Å². The summed E-state index contributed by atoms with van der Waals surface area (Å²) < 4.78 is 42.7. The molecule has 1 aromatic carbocycles. The Balaban J connectivity index is 2.43. The zero-order chi connectivity index (χ0) is 13.3. The number of nitrogens with zero attached hydrogens (tertiary/aromatic N) is 1. The summed E-state index contributed by atoms with van der Waals surface area (Å²) in [6.45, 7) is -1.28. The minimum absolute atomic E-state index is 0.0596. The molecule has 1 aliphatic rings. The van der Waals surface area contributed by atoms with Crippen LogP contribution in [0.5, 0.6) is 5.75 Å². The predicted molar refractivity (Wildman–Crippen MR) is 59.4 cm³/mol. The van der Waals surface area contributed by atoms with E-state index >= 15 is 0 Å². The van der Waals surface area contributed by atoms with Gasteiger partial charge in [-0.2, -0.15) is 13.2 Å². The number of rotatable bonds is 1. The number of nitrogens with two attached hydrogens (primary N) is 1. The Morgan fingerprint density at radius 1 is 1.39 bits per heavy atom. The highest BCUT2D eigenvalue weighted by atomic mass is 19.4. The Hall–Kier alpha value is -1.92. The van der Waals surface area contributed by atoms with Crippen LogP contribution in [0.3, 0.4) is 0 Å². The van der Waals surface area contributed by atoms with E-state index in [1.165, 1.54) is 18.2 Å². The van der Waals surface area contributed by atoms with Crippen LogP contribution in [0, 0.1) is 0 Å². The van der Waals surface area contributed by atoms with Crippen molar-refractivity contribution in [3.63, 3.8) is 0 Å². The number of benzene rings is 1. The number of ether oxygens (including phenoxy) is 1. The maximum absolute atomic E-state index is 12.5. The number of nitrogen functional groups attached to an aromatic ring is 1. The molecular formula is C11H11F3N2O2. The van der Waals surface area contributed by atoms with Gasteiger partial charge in [0.25, 0.3) is 0 Å². The molecule has 0 aromatic heterocycles. The first kappa shape index (κ1) is 12.5. The number of carbonyl (C=O) groups is 1. The number of anilines is 2. The zero-order valence-corrected chi connectivity index (χ0v) is 9.33. The third-order valence-corrected chi connectivity index (χ3v) is 2.49. The molecule has 1 heterocycles. The van der Waals surface area contributed by atoms with Gasteiger partial charge in [0.1, 0.15) is 12.3 Å². The van der Waals surface area contributed by atoms with Crippen molar-refractivity contribution in [2.75, 3.05) is 23.8 Å². The summed E-state index contributed by atoms with van der Waals surface area (Å²) in [6, 6.07) is 4.29. The highest BCUT2D eigenvalue weighted by Crippen LogP contribution is 2.35. The Bertz CT molecular complexity index is 474. The fourth-order valence-electron chi connectivity index (χ4n) is 1.74. The molecule has 1 aliphatic heterocycles. The molecule has 0 saturated heterocycles. The van der Waals surface area contributed by atoms with E-state index in [0.717, 1.165) is 0 Å². The minimum Gasteiger partial charge on any atom is -0.491 e. The molecule has 0 atom stereocenters. The molecule has 2 rings (SSSR count). The molecule has 0 unspecified atom stereocenters. The van der Waals surface area contributed by atoms with E-state index in [9.17, 15) is 18.0 Å². The van der Waals surface area contributed by atoms with Crippen molar-refractivity contribution in [3.8, 4) is 5.75 Å². The molecule has 1 aromatic rings. The summed E-state index contributed by atoms with van der Waals surface area (Å²) in [4.78, 5) is 12.3. The van der Waals surface area contributed by atoms with Crippen LogP contribution in [-0.4, -0.2) is 25.2 Å². The summed E-state index contributed by atoms with van der Waals surface area (Å²) >= 11 is 0. The third-order valence-electron chi connectivity index (χ3n) is 2.49. The predicted octanol–water partition coefficient (Wildman–Crippen LogP) is 1.95. The van der Waals surface area contributed by atoms with Gasteiger partial charge in [-0.25, -0.2) is 0 Å². The molecule has 0 saturated carbocycles. The molecule has 0 aliphatic carbocycles. The lowest BCUT2D eigenvalue weighted by Gasteiger charge is -2.23. The lowest BCUT2D eigenvalue weighted by Crippen LogP contribution is -2.38. The molecular weight excluding hydrogens is 249 g/mol. The van der Waals surface area contributed by atoms with Crippen LogP contribution in [0.4, 0.5) is 24.5 Å². The van der Waals surface area contributed by atoms with Crippen molar-refractivity contribution in [2.24, 2.45) is 0 Å². The van der Waals surface area contributed by atoms with Crippen molar-refractivity contribution in [2.45, 2.75) is 12.6 Å². The Kier molecular flexibility index (Phi) is 3.06. The second-order valence-corrected chi connectivity index (χ2v) is 3.92. The van der Waals surface area contributed by atoms with Gasteiger partial charge in [-0.05, 0) is 18.2 Å². The topological polar surface area (TPSA) is 55.6 Å². The molecule has 0 fully saturated rings. The fourth-order valence-corrected chi connectivity index (χ4v) is 1.74. The maximum Gasteiger partial charge on any atom is 0.406 e. The highest BCUT2D eigenvalue weighted by molar-refractivity contribution is 5.96. The number of fused-ring (bicyclic) bond motifs is 1. The van der Waals surface area contributed by atoms with Crippen LogP contribution in [-0.2, 0) is 4.79 Å². The van der Waals surface area contributed by atoms with Crippen molar-refractivity contribution in [1.29, 1.82) is 0 Å². The standard InChI is InChI=1S/C11H11F3N2O2/c12-11(13,14)6-16-8-5-7(15)1-2-9(8)18-4-3-10(16)17/h1-2,5H,3-4,6,15H2. The van der Waals surface area contributed by atoms with Crippen molar-refractivity contribution < 1.29 is 22.7 Å². The van der Waals surface area contributed by atoms with Gasteiger partial charge in [0.15, 0.2) is 0 Å². The Morgan fingerprint density at radius 3 is 2.78 bits per heavy atom. The minimum atomic E-state index is -4.47. The first-order valence-corrected chi connectivity index (χ1v) is 5.26.